The number of aromatic nitrogens is 1. The molecule has 1 amide bonds. The average molecular weight is 825 g/mol. The summed E-state index contributed by atoms with van der Waals surface area (Å²) in [5.74, 6) is -1.59. The molecule has 2 heterocycles. The molecule has 1 aliphatic heterocycles. The summed E-state index contributed by atoms with van der Waals surface area (Å²) in [6.07, 6.45) is 1.81. The van der Waals surface area contributed by atoms with Gasteiger partial charge in [0.2, 0.25) is 0 Å². The number of aliphatic hydroxyl groups is 1. The van der Waals surface area contributed by atoms with Crippen molar-refractivity contribution in [2.24, 2.45) is 11.8 Å². The standard InChI is InChI=1S/C45H56ClF3N4O5/c1-29(28-58-39-13-18-50-37-10-5-7-30(2)40(37)39)23-33-24-31-11-12-32(38(27-54)52-21-19-51(3)20-22-52)25-36(31)43(33)14-16-44(17-15-43,42(56)57-4)53(41(55)45(47,48)49)35-9-6-8-34(46)26-35/h6,8-9,11-13,18,25-26,29-30,33,38,54H,5,7,10,14-17,19-24,27-28H2,1-4H3/t29-,30-,33+,38+,43?,44?/m1/s1. The number of likely N-dealkylation sites (N-methyl/N-ethyl adjacent to an activating group) is 1. The number of hydrogen-bond acceptors (Lipinski definition) is 8. The monoisotopic (exact) mass is 824 g/mol. The number of benzene rings is 2. The van der Waals surface area contributed by atoms with Gasteiger partial charge in [-0.3, -0.25) is 19.6 Å². The van der Waals surface area contributed by atoms with Gasteiger partial charge in [-0.25, -0.2) is 4.79 Å². The van der Waals surface area contributed by atoms with Crippen LogP contribution in [-0.4, -0.2) is 97.0 Å². The molecule has 1 N–H and O–H groups in total. The van der Waals surface area contributed by atoms with E-state index in [-0.39, 0.29) is 48.0 Å². The number of carbonyl (C=O) groups is 2. The van der Waals surface area contributed by atoms with Crippen molar-refractivity contribution in [3.63, 3.8) is 0 Å². The number of aliphatic hydroxyl groups excluding tert-OH is 1. The van der Waals surface area contributed by atoms with Crippen LogP contribution >= 0.6 is 11.6 Å². The van der Waals surface area contributed by atoms with Crippen molar-refractivity contribution in [3.05, 3.63) is 87.7 Å². The molecule has 0 bridgehead atoms. The first-order valence-electron chi connectivity index (χ1n) is 20.7. The number of ether oxygens (including phenoxy) is 2. The van der Waals surface area contributed by atoms with E-state index >= 15 is 0 Å². The zero-order chi connectivity index (χ0) is 41.4. The lowest BCUT2D eigenvalue weighted by Gasteiger charge is -2.51. The van der Waals surface area contributed by atoms with Gasteiger partial charge < -0.3 is 19.5 Å². The number of amides is 1. The van der Waals surface area contributed by atoms with Crippen LogP contribution < -0.4 is 9.64 Å². The van der Waals surface area contributed by atoms with Crippen LogP contribution in [-0.2, 0) is 32.6 Å². The van der Waals surface area contributed by atoms with Crippen molar-refractivity contribution >= 4 is 29.2 Å². The molecule has 0 unspecified atom stereocenters. The number of anilines is 1. The number of halogens is 4. The number of rotatable bonds is 11. The number of alkyl halides is 3. The number of methoxy groups -OCH3 is 1. The second kappa shape index (κ2) is 17.1. The van der Waals surface area contributed by atoms with E-state index in [1.54, 1.807) is 0 Å². The molecule has 58 heavy (non-hydrogen) atoms. The highest BCUT2D eigenvalue weighted by Gasteiger charge is 2.60. The number of aryl methyl sites for hydroxylation is 1. The largest absolute Gasteiger partial charge is 0.493 e. The minimum absolute atomic E-state index is 0.0514. The summed E-state index contributed by atoms with van der Waals surface area (Å²) in [6, 6.07) is 13.9. The van der Waals surface area contributed by atoms with Crippen molar-refractivity contribution in [2.75, 3.05) is 58.5 Å². The highest BCUT2D eigenvalue weighted by Crippen LogP contribution is 2.58. The quantitative estimate of drug-likeness (QED) is 0.194. The number of nitrogens with zero attached hydrogens (tertiary/aromatic N) is 4. The number of esters is 1. The van der Waals surface area contributed by atoms with Gasteiger partial charge in [-0.2, -0.15) is 13.2 Å². The number of pyridine rings is 1. The molecule has 3 aliphatic carbocycles. The molecule has 1 saturated carbocycles. The summed E-state index contributed by atoms with van der Waals surface area (Å²) in [4.78, 5) is 37.3. The summed E-state index contributed by atoms with van der Waals surface area (Å²) < 4.78 is 55.3. The van der Waals surface area contributed by atoms with Crippen molar-refractivity contribution in [3.8, 4) is 5.75 Å². The smallest absolute Gasteiger partial charge is 0.471 e. The van der Waals surface area contributed by atoms with Crippen LogP contribution in [0.2, 0.25) is 5.02 Å². The second-order valence-corrected chi connectivity index (χ2v) is 17.7. The van der Waals surface area contributed by atoms with E-state index in [0.717, 1.165) is 93.5 Å². The van der Waals surface area contributed by atoms with Crippen LogP contribution in [0.15, 0.2) is 54.7 Å². The van der Waals surface area contributed by atoms with Gasteiger partial charge in [-0.05, 0) is 129 Å². The van der Waals surface area contributed by atoms with Gasteiger partial charge in [0.05, 0.1) is 26.4 Å². The third kappa shape index (κ3) is 8.10. The van der Waals surface area contributed by atoms with E-state index in [1.165, 1.54) is 29.8 Å². The van der Waals surface area contributed by atoms with Crippen molar-refractivity contribution in [1.29, 1.82) is 0 Å². The number of piperazine rings is 1. The van der Waals surface area contributed by atoms with E-state index in [4.69, 9.17) is 21.1 Å². The normalized spacial score (nSPS) is 26.1. The first-order chi connectivity index (χ1) is 27.7. The molecule has 1 aromatic heterocycles. The second-order valence-electron chi connectivity index (χ2n) is 17.3. The fraction of sp³-hybridized carbons (Fsp3) is 0.578. The van der Waals surface area contributed by atoms with Gasteiger partial charge in [0.1, 0.15) is 11.3 Å². The van der Waals surface area contributed by atoms with Gasteiger partial charge in [0, 0.05) is 54.3 Å². The third-order valence-corrected chi connectivity index (χ3v) is 14.0. The fourth-order valence-corrected chi connectivity index (χ4v) is 10.8. The zero-order valence-electron chi connectivity index (χ0n) is 34.0. The topological polar surface area (TPSA) is 95.4 Å². The van der Waals surface area contributed by atoms with Crippen LogP contribution in [0.3, 0.4) is 0 Å². The Morgan fingerprint density at radius 1 is 1.07 bits per heavy atom. The molecule has 4 aliphatic rings. The predicted octanol–water partition coefficient (Wildman–Crippen LogP) is 8.05. The Morgan fingerprint density at radius 3 is 2.48 bits per heavy atom. The average Bonchev–Trinajstić information content (AvgIpc) is 3.49. The summed E-state index contributed by atoms with van der Waals surface area (Å²) in [6.45, 7) is 8.26. The summed E-state index contributed by atoms with van der Waals surface area (Å²) in [5, 5.41) is 10.9. The Kier molecular flexibility index (Phi) is 12.5. The van der Waals surface area contributed by atoms with E-state index in [0.29, 0.717) is 30.3 Å². The molecule has 2 fully saturated rings. The molecule has 2 aromatic carbocycles. The highest BCUT2D eigenvalue weighted by molar-refractivity contribution is 6.31. The maximum Gasteiger partial charge on any atom is 0.471 e. The third-order valence-electron chi connectivity index (χ3n) is 13.7. The minimum Gasteiger partial charge on any atom is -0.493 e. The van der Waals surface area contributed by atoms with E-state index in [2.05, 4.69) is 53.9 Å². The lowest BCUT2D eigenvalue weighted by Crippen LogP contribution is -2.63. The Labute approximate surface area is 344 Å². The molecule has 1 spiro atoms. The molecule has 0 radical (unpaired) electrons. The molecule has 3 aromatic rings. The molecule has 9 nitrogen and oxygen atoms in total. The van der Waals surface area contributed by atoms with Gasteiger partial charge in [-0.1, -0.05) is 49.7 Å². The first-order valence-corrected chi connectivity index (χ1v) is 21.1. The van der Waals surface area contributed by atoms with Crippen LogP contribution in [0.25, 0.3) is 0 Å². The summed E-state index contributed by atoms with van der Waals surface area (Å²) >= 11 is 6.28. The minimum atomic E-state index is -5.26. The van der Waals surface area contributed by atoms with E-state index in [1.807, 2.05) is 12.3 Å². The molecule has 13 heteroatoms. The number of carbonyl (C=O) groups excluding carboxylic acids is 2. The Balaban J connectivity index is 1.24. The highest BCUT2D eigenvalue weighted by atomic mass is 35.5. The van der Waals surface area contributed by atoms with E-state index < -0.39 is 29.0 Å². The van der Waals surface area contributed by atoms with Crippen LogP contribution in [0.5, 0.6) is 5.75 Å². The Morgan fingerprint density at radius 2 is 1.81 bits per heavy atom. The molecule has 1 saturated heterocycles. The molecular formula is C45H56ClF3N4O5. The maximum atomic E-state index is 14.5. The SMILES string of the molecule is COC(=O)C1(N(C(=O)C(F)(F)F)c2cccc(Cl)c2)CCC2(CC1)c1cc([C@H](CO)N3CCN(C)CC3)ccc1C[C@@H]2C[C@@H](C)COc1ccnc2c1[C@H](C)CCC2. The van der Waals surface area contributed by atoms with Crippen LogP contribution in [0, 0.1) is 11.8 Å². The zero-order valence-corrected chi connectivity index (χ0v) is 34.7. The molecule has 7 rings (SSSR count). The molecular weight excluding hydrogens is 769 g/mol. The van der Waals surface area contributed by atoms with E-state index in [9.17, 15) is 27.9 Å². The van der Waals surface area contributed by atoms with Gasteiger partial charge >= 0.3 is 18.1 Å². The number of fused-ring (bicyclic) bond motifs is 3. The Bertz CT molecular complexity index is 1960. The lowest BCUT2D eigenvalue weighted by molar-refractivity contribution is -0.174. The summed E-state index contributed by atoms with van der Waals surface area (Å²) in [5.41, 5.74) is 3.01. The van der Waals surface area contributed by atoms with Gasteiger partial charge in [-0.15, -0.1) is 0 Å². The predicted molar refractivity (Wildman–Crippen MR) is 217 cm³/mol. The van der Waals surface area contributed by atoms with Gasteiger partial charge in [0.15, 0.2) is 0 Å². The fourth-order valence-electron chi connectivity index (χ4n) is 10.6. The molecule has 314 valence electrons. The Hall–Kier alpha value is -3.71. The van der Waals surface area contributed by atoms with Crippen molar-refractivity contribution < 1.29 is 37.3 Å². The maximum absolute atomic E-state index is 14.5. The van der Waals surface area contributed by atoms with Crippen LogP contribution in [0.1, 0.15) is 98.7 Å². The lowest BCUT2D eigenvalue weighted by atomic mass is 9.59. The van der Waals surface area contributed by atoms with Gasteiger partial charge in [0.25, 0.3) is 0 Å². The first kappa shape index (κ1) is 42.4. The molecule has 4 atom stereocenters. The van der Waals surface area contributed by atoms with Crippen molar-refractivity contribution in [2.45, 2.75) is 101 Å². The summed E-state index contributed by atoms with van der Waals surface area (Å²) in [7, 11) is 3.24. The van der Waals surface area contributed by atoms with Crippen molar-refractivity contribution in [1.82, 2.24) is 14.8 Å². The number of hydrogen-bond donors (Lipinski definition) is 1. The van der Waals surface area contributed by atoms with Crippen LogP contribution in [0.4, 0.5) is 18.9 Å².